The maximum atomic E-state index is 2.43. The quantitative estimate of drug-likeness (QED) is 0.586. The number of halogens is 2. The number of aryl methyl sites for hydroxylation is 1. The predicted molar refractivity (Wildman–Crippen MR) is 113 cm³/mol. The largest absolute Gasteiger partial charge is 1.00 e. The summed E-state index contributed by atoms with van der Waals surface area (Å²) >= 11 is -0.622. The molecule has 2 aromatic rings. The Morgan fingerprint density at radius 2 is 1.72 bits per heavy atom. The topological polar surface area (TPSA) is 0 Å². The van der Waals surface area contributed by atoms with E-state index in [9.17, 15) is 0 Å². The Bertz CT molecular complexity index is 976. The number of fused-ring (bicyclic) bond motifs is 3. The molecule has 0 nitrogen and oxygen atoms in total. The molecule has 5 rings (SSSR count). The first kappa shape index (κ1) is 22.9. The number of rotatable bonds is 3. The minimum atomic E-state index is -0.622. The van der Waals surface area contributed by atoms with Crippen molar-refractivity contribution < 1.29 is 47.6 Å². The second-order valence-corrected chi connectivity index (χ2v) is 11.9. The molecule has 0 heterocycles. The van der Waals surface area contributed by atoms with Gasteiger partial charge >= 0.3 is 175 Å². The predicted octanol–water partition coefficient (Wildman–Crippen LogP) is 0.889. The first-order valence-corrected chi connectivity index (χ1v) is 13.2. The van der Waals surface area contributed by atoms with Crippen molar-refractivity contribution >= 4 is 8.78 Å². The Morgan fingerprint density at radius 3 is 2.45 bits per heavy atom. The third kappa shape index (κ3) is 4.21. The zero-order valence-corrected chi connectivity index (χ0v) is 20.9. The third-order valence-electron chi connectivity index (χ3n) is 6.46. The molecule has 0 bridgehead atoms. The zero-order chi connectivity index (χ0) is 18.2. The fourth-order valence-electron chi connectivity index (χ4n) is 5.13. The summed E-state index contributed by atoms with van der Waals surface area (Å²) in [6.07, 6.45) is 16.3. The molecule has 0 aliphatic heterocycles. The molecular formula is C26H27Cl2Zr. The van der Waals surface area contributed by atoms with E-state index in [2.05, 4.69) is 61.5 Å². The van der Waals surface area contributed by atoms with Crippen LogP contribution in [0.15, 0.2) is 54.6 Å². The second-order valence-electron chi connectivity index (χ2n) is 8.07. The van der Waals surface area contributed by atoms with Crippen molar-refractivity contribution in [3.8, 4) is 11.1 Å². The number of allylic oxidation sites excluding steroid dienone is 4. The van der Waals surface area contributed by atoms with Gasteiger partial charge in [-0.2, -0.15) is 0 Å². The second kappa shape index (κ2) is 10.0. The molecule has 0 amide bonds. The van der Waals surface area contributed by atoms with Gasteiger partial charge in [0.2, 0.25) is 0 Å². The average molecular weight is 502 g/mol. The van der Waals surface area contributed by atoms with Gasteiger partial charge in [-0.1, -0.05) is 0 Å². The minimum Gasteiger partial charge on any atom is -1.00 e. The van der Waals surface area contributed by atoms with Crippen molar-refractivity contribution in [1.29, 1.82) is 0 Å². The number of benzene rings is 2. The van der Waals surface area contributed by atoms with Gasteiger partial charge in [0.05, 0.1) is 0 Å². The Balaban J connectivity index is 0.00000120. The molecule has 29 heavy (non-hydrogen) atoms. The summed E-state index contributed by atoms with van der Waals surface area (Å²) in [6, 6.07) is 14.1. The van der Waals surface area contributed by atoms with Crippen LogP contribution in [0.25, 0.3) is 16.7 Å². The Hall–Kier alpha value is -0.747. The van der Waals surface area contributed by atoms with E-state index in [1.807, 2.05) is 3.21 Å². The first-order valence-electron chi connectivity index (χ1n) is 10.6. The van der Waals surface area contributed by atoms with Crippen LogP contribution >= 0.6 is 0 Å². The summed E-state index contributed by atoms with van der Waals surface area (Å²) in [7, 11) is 0. The maximum absolute atomic E-state index is 2.43. The SMILES string of the molecule is CCc1ccc2c(c1C1=CC=CC1)[CH]([Zr+2]=[C]1CCCCC1)c1ccccc1-2.[Cl-].[Cl-]. The van der Waals surface area contributed by atoms with Gasteiger partial charge in [0.1, 0.15) is 0 Å². The molecular weight excluding hydrogens is 474 g/mol. The van der Waals surface area contributed by atoms with Crippen molar-refractivity contribution in [1.82, 2.24) is 0 Å². The number of hydrogen-bond donors (Lipinski definition) is 0. The zero-order valence-electron chi connectivity index (χ0n) is 17.0. The molecule has 1 atom stereocenters. The molecule has 3 aliphatic rings. The van der Waals surface area contributed by atoms with Gasteiger partial charge in [-0.05, 0) is 0 Å². The fraction of sp³-hybridized carbons (Fsp3) is 0.346. The molecule has 149 valence electrons. The van der Waals surface area contributed by atoms with Gasteiger partial charge in [-0.25, -0.2) is 0 Å². The van der Waals surface area contributed by atoms with Crippen LogP contribution in [0.2, 0.25) is 0 Å². The van der Waals surface area contributed by atoms with Gasteiger partial charge < -0.3 is 24.8 Å². The van der Waals surface area contributed by atoms with Gasteiger partial charge in [-0.15, -0.1) is 0 Å². The first-order chi connectivity index (χ1) is 13.4. The van der Waals surface area contributed by atoms with Crippen LogP contribution in [0.1, 0.15) is 71.3 Å². The molecule has 3 heteroatoms. The molecule has 2 aromatic carbocycles. The Kier molecular flexibility index (Phi) is 7.94. The van der Waals surface area contributed by atoms with Gasteiger partial charge in [0.15, 0.2) is 0 Å². The molecule has 0 N–H and O–H groups in total. The number of hydrogen-bond acceptors (Lipinski definition) is 0. The van der Waals surface area contributed by atoms with E-state index in [-0.39, 0.29) is 24.8 Å². The van der Waals surface area contributed by atoms with E-state index in [1.165, 1.54) is 43.2 Å². The van der Waals surface area contributed by atoms with Crippen LogP contribution in [-0.4, -0.2) is 3.21 Å². The minimum absolute atomic E-state index is 0. The van der Waals surface area contributed by atoms with Gasteiger partial charge in [0, 0.05) is 0 Å². The summed E-state index contributed by atoms with van der Waals surface area (Å²) < 4.78 is 2.69. The van der Waals surface area contributed by atoms with Gasteiger partial charge in [-0.3, -0.25) is 0 Å². The molecule has 1 fully saturated rings. The van der Waals surface area contributed by atoms with E-state index < -0.39 is 22.8 Å². The monoisotopic (exact) mass is 499 g/mol. The summed E-state index contributed by atoms with van der Waals surface area (Å²) in [5.41, 5.74) is 11.1. The van der Waals surface area contributed by atoms with Crippen molar-refractivity contribution in [2.75, 3.05) is 0 Å². The summed E-state index contributed by atoms with van der Waals surface area (Å²) in [5.74, 6) is 0. The van der Waals surface area contributed by atoms with Crippen molar-refractivity contribution in [3.63, 3.8) is 0 Å². The summed E-state index contributed by atoms with van der Waals surface area (Å²) in [4.78, 5) is 0. The van der Waals surface area contributed by atoms with E-state index >= 15 is 0 Å². The van der Waals surface area contributed by atoms with E-state index in [1.54, 1.807) is 27.8 Å². The Morgan fingerprint density at radius 1 is 0.931 bits per heavy atom. The van der Waals surface area contributed by atoms with Crippen molar-refractivity contribution in [2.24, 2.45) is 0 Å². The molecule has 1 unspecified atom stereocenters. The Labute approximate surface area is 198 Å². The van der Waals surface area contributed by atoms with Crippen LogP contribution in [0.4, 0.5) is 0 Å². The summed E-state index contributed by atoms with van der Waals surface area (Å²) in [6.45, 7) is 2.32. The van der Waals surface area contributed by atoms with Crippen molar-refractivity contribution in [2.45, 2.75) is 55.5 Å². The third-order valence-corrected chi connectivity index (χ3v) is 10.9. The van der Waals surface area contributed by atoms with Crippen LogP contribution in [0, 0.1) is 0 Å². The molecule has 1 saturated carbocycles. The van der Waals surface area contributed by atoms with Gasteiger partial charge in [0.25, 0.3) is 0 Å². The van der Waals surface area contributed by atoms with E-state index in [4.69, 9.17) is 0 Å². The standard InChI is InChI=1S/C20H17.C6H10.2ClH.Zr/c1-2-14-11-12-18-17-10-6-5-9-16(17)13-19(18)20(14)15-7-3-4-8-15;1-2-4-6-5-3-1;;;/h3-7,9-13H,2,8H2,1H3;1-5H2;2*1H;/q;;;;+2/p-2. The van der Waals surface area contributed by atoms with E-state index in [0.29, 0.717) is 0 Å². The van der Waals surface area contributed by atoms with E-state index in [0.717, 1.165) is 16.5 Å². The van der Waals surface area contributed by atoms with Crippen molar-refractivity contribution in [3.05, 3.63) is 76.9 Å². The molecule has 0 aromatic heterocycles. The van der Waals surface area contributed by atoms with Crippen LogP contribution < -0.4 is 24.8 Å². The average Bonchev–Trinajstić information content (AvgIpc) is 3.36. The fourth-order valence-corrected chi connectivity index (χ4v) is 9.81. The summed E-state index contributed by atoms with van der Waals surface area (Å²) in [5, 5.41) is 0. The molecule has 0 radical (unpaired) electrons. The molecule has 0 saturated heterocycles. The molecule has 3 aliphatic carbocycles. The van der Waals surface area contributed by atoms with Crippen LogP contribution in [0.5, 0.6) is 0 Å². The maximum Gasteiger partial charge on any atom is -1.00 e. The normalized spacial score (nSPS) is 18.9. The van der Waals surface area contributed by atoms with Crippen LogP contribution in [0.3, 0.4) is 0 Å². The smallest absolute Gasteiger partial charge is 1.00 e. The van der Waals surface area contributed by atoms with Crippen LogP contribution in [-0.2, 0) is 29.2 Å². The molecule has 0 spiro atoms.